The molecule has 1 aromatic carbocycles. The number of rotatable bonds is 6. The van der Waals surface area contributed by atoms with Crippen molar-refractivity contribution in [3.63, 3.8) is 0 Å². The molecule has 30 heavy (non-hydrogen) atoms. The zero-order chi connectivity index (χ0) is 21.1. The van der Waals surface area contributed by atoms with Crippen LogP contribution in [0.25, 0.3) is 0 Å². The van der Waals surface area contributed by atoms with E-state index in [0.717, 1.165) is 16.6 Å². The van der Waals surface area contributed by atoms with E-state index < -0.39 is 0 Å². The van der Waals surface area contributed by atoms with Crippen LogP contribution in [0.5, 0.6) is 11.6 Å². The molecule has 3 amide bonds. The Kier molecular flexibility index (Phi) is 6.08. The molecule has 2 saturated heterocycles. The number of methoxy groups -OCH3 is 1. The van der Waals surface area contributed by atoms with Crippen LogP contribution in [-0.2, 0) is 4.79 Å². The van der Waals surface area contributed by atoms with Crippen LogP contribution in [0.3, 0.4) is 0 Å². The molecule has 2 aromatic rings. The van der Waals surface area contributed by atoms with Crippen molar-refractivity contribution in [1.29, 1.82) is 0 Å². The first-order chi connectivity index (χ1) is 14.6. The monoisotopic (exact) mass is 474 g/mol. The predicted molar refractivity (Wildman–Crippen MR) is 115 cm³/mol. The number of urea groups is 1. The number of hydrogen-bond donors (Lipinski definition) is 0. The second-order valence-corrected chi connectivity index (χ2v) is 8.04. The lowest BCUT2D eigenvalue weighted by molar-refractivity contribution is -0.130. The lowest BCUT2D eigenvalue weighted by Gasteiger charge is -2.22. The summed E-state index contributed by atoms with van der Waals surface area (Å²) in [4.78, 5) is 34.8. The molecule has 0 N–H and O–H groups in total. The van der Waals surface area contributed by atoms with Gasteiger partial charge in [-0.25, -0.2) is 9.78 Å². The lowest BCUT2D eigenvalue weighted by atomic mass is 10.2. The molecular formula is C21H23BrN4O4. The van der Waals surface area contributed by atoms with Crippen LogP contribution in [0.2, 0.25) is 0 Å². The summed E-state index contributed by atoms with van der Waals surface area (Å²) in [6.07, 6.45) is 2.29. The molecule has 8 nitrogen and oxygen atoms in total. The molecule has 2 aliphatic heterocycles. The van der Waals surface area contributed by atoms with E-state index in [1.165, 1.54) is 0 Å². The van der Waals surface area contributed by atoms with E-state index in [0.29, 0.717) is 37.8 Å². The number of anilines is 1. The zero-order valence-electron chi connectivity index (χ0n) is 16.7. The van der Waals surface area contributed by atoms with E-state index in [9.17, 15) is 9.59 Å². The molecular weight excluding hydrogens is 452 g/mol. The maximum absolute atomic E-state index is 12.9. The number of amides is 3. The number of para-hydroxylation sites is 2. The summed E-state index contributed by atoms with van der Waals surface area (Å²) in [5.41, 5.74) is 0.718. The SMILES string of the molecule is COc1ccccc1N1CCN(CC(=O)N2CCC(Oc3ncccc3Br)C2)C1=O. The van der Waals surface area contributed by atoms with Crippen LogP contribution in [0.4, 0.5) is 10.5 Å². The largest absolute Gasteiger partial charge is 0.495 e. The molecule has 2 fully saturated rings. The summed E-state index contributed by atoms with van der Waals surface area (Å²) in [5.74, 6) is 1.09. The molecule has 0 aliphatic carbocycles. The number of aromatic nitrogens is 1. The van der Waals surface area contributed by atoms with Crippen molar-refractivity contribution in [3.05, 3.63) is 47.1 Å². The molecule has 0 saturated carbocycles. The minimum absolute atomic E-state index is 0.0600. The van der Waals surface area contributed by atoms with Crippen LogP contribution in [-0.4, -0.2) is 72.7 Å². The first-order valence-corrected chi connectivity index (χ1v) is 10.6. The second kappa shape index (κ2) is 8.91. The number of halogens is 1. The van der Waals surface area contributed by atoms with Gasteiger partial charge in [0.05, 0.1) is 23.8 Å². The maximum atomic E-state index is 12.9. The van der Waals surface area contributed by atoms with Gasteiger partial charge >= 0.3 is 6.03 Å². The normalized spacial score (nSPS) is 18.8. The highest BCUT2D eigenvalue weighted by molar-refractivity contribution is 9.10. The highest BCUT2D eigenvalue weighted by Gasteiger charge is 2.35. The number of hydrogen-bond acceptors (Lipinski definition) is 5. The van der Waals surface area contributed by atoms with Crippen molar-refractivity contribution in [2.75, 3.05) is 44.7 Å². The van der Waals surface area contributed by atoms with Crippen molar-refractivity contribution in [1.82, 2.24) is 14.8 Å². The maximum Gasteiger partial charge on any atom is 0.325 e. The smallest absolute Gasteiger partial charge is 0.325 e. The van der Waals surface area contributed by atoms with Crippen molar-refractivity contribution in [2.45, 2.75) is 12.5 Å². The van der Waals surface area contributed by atoms with E-state index in [4.69, 9.17) is 9.47 Å². The van der Waals surface area contributed by atoms with Crippen LogP contribution in [0, 0.1) is 0 Å². The van der Waals surface area contributed by atoms with Gasteiger partial charge in [0.1, 0.15) is 18.4 Å². The van der Waals surface area contributed by atoms with Crippen LogP contribution >= 0.6 is 15.9 Å². The molecule has 0 radical (unpaired) electrons. The number of likely N-dealkylation sites (tertiary alicyclic amines) is 1. The Labute approximate surface area is 183 Å². The van der Waals surface area contributed by atoms with Crippen LogP contribution in [0.1, 0.15) is 6.42 Å². The van der Waals surface area contributed by atoms with E-state index in [-0.39, 0.29) is 24.6 Å². The van der Waals surface area contributed by atoms with Gasteiger partial charge in [-0.1, -0.05) is 12.1 Å². The Morgan fingerprint density at radius 3 is 2.83 bits per heavy atom. The standard InChI is InChI=1S/C21H23BrN4O4/c1-29-18-7-3-2-6-17(18)26-12-11-25(21(26)28)14-19(27)24-10-8-15(13-24)30-20-16(22)5-4-9-23-20/h2-7,9,15H,8,10-14H2,1H3. The van der Waals surface area contributed by atoms with Crippen molar-refractivity contribution in [2.24, 2.45) is 0 Å². The minimum atomic E-state index is -0.183. The van der Waals surface area contributed by atoms with E-state index in [2.05, 4.69) is 20.9 Å². The van der Waals surface area contributed by atoms with E-state index in [1.807, 2.05) is 36.4 Å². The zero-order valence-corrected chi connectivity index (χ0v) is 18.2. The number of nitrogens with zero attached hydrogens (tertiary/aromatic N) is 4. The lowest BCUT2D eigenvalue weighted by Crippen LogP contribution is -2.42. The highest BCUT2D eigenvalue weighted by Crippen LogP contribution is 2.30. The number of benzene rings is 1. The van der Waals surface area contributed by atoms with Gasteiger partial charge in [-0.3, -0.25) is 9.69 Å². The summed E-state index contributed by atoms with van der Waals surface area (Å²) in [6.45, 7) is 2.17. The topological polar surface area (TPSA) is 75.2 Å². The third kappa shape index (κ3) is 4.21. The third-order valence-corrected chi connectivity index (χ3v) is 5.90. The number of ether oxygens (including phenoxy) is 2. The van der Waals surface area contributed by atoms with Gasteiger partial charge in [-0.15, -0.1) is 0 Å². The molecule has 1 aromatic heterocycles. The average molecular weight is 475 g/mol. The van der Waals surface area contributed by atoms with Gasteiger partial charge in [0.25, 0.3) is 0 Å². The molecule has 1 atom stereocenters. The Morgan fingerprint density at radius 2 is 2.03 bits per heavy atom. The van der Waals surface area contributed by atoms with Gasteiger partial charge in [0, 0.05) is 32.3 Å². The molecule has 4 rings (SSSR count). The predicted octanol–water partition coefficient (Wildman–Crippen LogP) is 2.77. The molecule has 0 bridgehead atoms. The van der Waals surface area contributed by atoms with Gasteiger partial charge in [0.2, 0.25) is 11.8 Å². The van der Waals surface area contributed by atoms with Gasteiger partial charge in [-0.2, -0.15) is 0 Å². The highest BCUT2D eigenvalue weighted by atomic mass is 79.9. The first kappa shape index (κ1) is 20.5. The van der Waals surface area contributed by atoms with Crippen molar-refractivity contribution >= 4 is 33.6 Å². The van der Waals surface area contributed by atoms with E-state index in [1.54, 1.807) is 28.0 Å². The molecule has 1 unspecified atom stereocenters. The van der Waals surface area contributed by atoms with Crippen molar-refractivity contribution in [3.8, 4) is 11.6 Å². The van der Waals surface area contributed by atoms with Gasteiger partial charge < -0.3 is 19.3 Å². The van der Waals surface area contributed by atoms with Crippen LogP contribution < -0.4 is 14.4 Å². The molecule has 158 valence electrons. The Bertz CT molecular complexity index is 941. The Morgan fingerprint density at radius 1 is 1.20 bits per heavy atom. The molecule has 0 spiro atoms. The first-order valence-electron chi connectivity index (χ1n) is 9.81. The molecule has 9 heteroatoms. The fourth-order valence-electron chi connectivity index (χ4n) is 3.74. The second-order valence-electron chi connectivity index (χ2n) is 7.19. The average Bonchev–Trinajstić information content (AvgIpc) is 3.37. The third-order valence-electron chi connectivity index (χ3n) is 5.30. The van der Waals surface area contributed by atoms with Crippen LogP contribution in [0.15, 0.2) is 47.1 Å². The molecule has 3 heterocycles. The minimum Gasteiger partial charge on any atom is -0.495 e. The summed E-state index contributed by atoms with van der Waals surface area (Å²) < 4.78 is 12.1. The number of carbonyl (C=O) groups excluding carboxylic acids is 2. The van der Waals surface area contributed by atoms with Crippen molar-refractivity contribution < 1.29 is 19.1 Å². The van der Waals surface area contributed by atoms with E-state index >= 15 is 0 Å². The van der Waals surface area contributed by atoms with Gasteiger partial charge in [0.15, 0.2) is 0 Å². The van der Waals surface area contributed by atoms with Gasteiger partial charge in [-0.05, 0) is 40.2 Å². The summed E-state index contributed by atoms with van der Waals surface area (Å²) in [7, 11) is 1.58. The fraction of sp³-hybridized carbons (Fsp3) is 0.381. The summed E-state index contributed by atoms with van der Waals surface area (Å²) in [5, 5.41) is 0. The Balaban J connectivity index is 1.33. The number of carbonyl (C=O) groups is 2. The quantitative estimate of drug-likeness (QED) is 0.643. The fourth-order valence-corrected chi connectivity index (χ4v) is 4.08. The summed E-state index contributed by atoms with van der Waals surface area (Å²) in [6, 6.07) is 10.9. The number of pyridine rings is 1. The molecule has 2 aliphatic rings. The Hall–Kier alpha value is -2.81. The summed E-state index contributed by atoms with van der Waals surface area (Å²) >= 11 is 3.42.